The summed E-state index contributed by atoms with van der Waals surface area (Å²) in [4.78, 5) is 8.24. The van der Waals surface area contributed by atoms with Gasteiger partial charge in [-0.25, -0.2) is 4.79 Å². The Kier molecular flexibility index (Phi) is 4.01. The smallest absolute Gasteiger partial charge is 0.414 e. The largest absolute Gasteiger partial charge is 0.473 e. The second-order valence-corrected chi connectivity index (χ2v) is 0.841. The Hall–Kier alpha value is -0.570. The molecule has 0 unspecified atom stereocenters. The Morgan fingerprint density at radius 1 is 1.67 bits per heavy atom. The van der Waals surface area contributed by atoms with E-state index >= 15 is 0 Å². The van der Waals surface area contributed by atoms with Crippen LogP contribution in [0.4, 0.5) is 0 Å². The minimum absolute atomic E-state index is 0.500. The highest BCUT2D eigenvalue weighted by atomic mass is 16.3. The lowest BCUT2D eigenvalue weighted by molar-refractivity contribution is 0.437. The lowest BCUT2D eigenvalue weighted by Gasteiger charge is -1.29. The van der Waals surface area contributed by atoms with Gasteiger partial charge >= 0.3 is 6.47 Å². The van der Waals surface area contributed by atoms with Gasteiger partial charge < -0.3 is 10.4 Å². The molecular weight excluding hydrogens is 82.0 g/mol. The van der Waals surface area contributed by atoms with Crippen LogP contribution in [0.5, 0.6) is 0 Å². The minimum atomic E-state index is 0.500. The van der Waals surface area contributed by atoms with Crippen LogP contribution in [0, 0.1) is 0 Å². The maximum atomic E-state index is 8.24. The fourth-order valence-electron chi connectivity index (χ4n) is 0. The van der Waals surface area contributed by atoms with Crippen molar-refractivity contribution in [3.8, 4) is 0 Å². The minimum Gasteiger partial charge on any atom is -0.473 e. The second-order valence-electron chi connectivity index (χ2n) is 0.841. The van der Waals surface area contributed by atoms with Gasteiger partial charge in [-0.1, -0.05) is 0 Å². The van der Waals surface area contributed by atoms with Crippen LogP contribution in [0.1, 0.15) is 0 Å². The molecule has 1 saturated heterocycles. The van der Waals surface area contributed by atoms with Crippen molar-refractivity contribution in [2.45, 2.75) is 0 Å². The van der Waals surface area contributed by atoms with Gasteiger partial charge in [0.25, 0.3) is 0 Å². The first-order valence-electron chi connectivity index (χ1n) is 1.63. The third kappa shape index (κ3) is 110. The molecule has 0 aliphatic carbocycles. The molecule has 1 aliphatic heterocycles. The Balaban J connectivity index is 0.0000000833. The lowest BCUT2D eigenvalue weighted by atomic mass is 11.0. The van der Waals surface area contributed by atoms with Gasteiger partial charge in [0.1, 0.15) is 0 Å². The van der Waals surface area contributed by atoms with Crippen LogP contribution in [0.2, 0.25) is 0 Å². The van der Waals surface area contributed by atoms with E-state index in [1.807, 2.05) is 0 Å². The number of hydrogen-bond acceptors (Lipinski definition) is 2. The van der Waals surface area contributed by atoms with Crippen LogP contribution < -0.4 is 5.32 Å². The quantitative estimate of drug-likeness (QED) is 0.381. The van der Waals surface area contributed by atoms with Gasteiger partial charge in [-0.15, -0.1) is 0 Å². The van der Waals surface area contributed by atoms with E-state index in [4.69, 9.17) is 9.90 Å². The molecule has 2 N–H and O–H groups in total. The molecule has 0 amide bonds. The van der Waals surface area contributed by atoms with Crippen LogP contribution in [0.3, 0.4) is 0 Å². The molecule has 3 heteroatoms. The average molecular weight is 88.1 g/mol. The molecule has 3 nitrogen and oxygen atoms in total. The van der Waals surface area contributed by atoms with Crippen molar-refractivity contribution in [1.29, 1.82) is 0 Å². The van der Waals surface area contributed by atoms with Gasteiger partial charge in [0.2, 0.25) is 0 Å². The van der Waals surface area contributed by atoms with Crippen LogP contribution in [0.15, 0.2) is 0 Å². The number of rotatable bonds is 0. The number of hydrogen-bond donors (Lipinski definition) is 2. The summed E-state index contributed by atoms with van der Waals surface area (Å²) in [6.45, 7) is 3.00. The first-order valence-corrected chi connectivity index (χ1v) is 1.63. The molecule has 35 valence electrons. The molecule has 0 bridgehead atoms. The predicted octanol–water partition coefficient (Wildman–Crippen LogP) is -0.799. The van der Waals surface area contributed by atoms with E-state index in [2.05, 4.69) is 5.32 Å². The Bertz CT molecular complexity index is 33.0. The predicted molar refractivity (Wildman–Crippen MR) is 21.2 cm³/mol. The van der Waals surface area contributed by atoms with Crippen molar-refractivity contribution >= 4 is 6.47 Å². The standard InChI is InChI=1S/C2H5N.CHO2/c1-2-3-1;2-1-3/h3H,1-2H2;(H,2,3). The van der Waals surface area contributed by atoms with Gasteiger partial charge in [-0.2, -0.15) is 0 Å². The zero-order valence-corrected chi connectivity index (χ0v) is 3.27. The molecule has 1 heterocycles. The molecule has 0 aromatic heterocycles. The number of nitrogens with one attached hydrogen (secondary N) is 1. The van der Waals surface area contributed by atoms with Crippen molar-refractivity contribution in [2.75, 3.05) is 13.1 Å². The monoisotopic (exact) mass is 88.0 g/mol. The van der Waals surface area contributed by atoms with Gasteiger partial charge in [0, 0.05) is 13.1 Å². The fourth-order valence-corrected chi connectivity index (χ4v) is 0. The summed E-state index contributed by atoms with van der Waals surface area (Å²) in [5.74, 6) is 0. The molecule has 0 spiro atoms. The summed E-state index contributed by atoms with van der Waals surface area (Å²) in [6.07, 6.45) is 0. The molecule has 1 radical (unpaired) electrons. The van der Waals surface area contributed by atoms with Crippen molar-refractivity contribution in [3.05, 3.63) is 0 Å². The molecule has 1 fully saturated rings. The van der Waals surface area contributed by atoms with E-state index in [0.717, 1.165) is 0 Å². The van der Waals surface area contributed by atoms with Crippen LogP contribution >= 0.6 is 0 Å². The average Bonchev–Trinajstić information content (AvgIpc) is 2.11. The SMILES string of the molecule is C1CN1.O=[C]O. The van der Waals surface area contributed by atoms with Crippen LogP contribution in [-0.4, -0.2) is 24.7 Å². The van der Waals surface area contributed by atoms with Crippen molar-refractivity contribution in [2.24, 2.45) is 0 Å². The Morgan fingerprint density at radius 3 is 1.83 bits per heavy atom. The van der Waals surface area contributed by atoms with Crippen molar-refractivity contribution in [3.63, 3.8) is 0 Å². The second kappa shape index (κ2) is 4.43. The Morgan fingerprint density at radius 2 is 1.83 bits per heavy atom. The molecule has 0 aromatic rings. The van der Waals surface area contributed by atoms with E-state index in [-0.39, 0.29) is 0 Å². The summed E-state index contributed by atoms with van der Waals surface area (Å²) < 4.78 is 0. The summed E-state index contributed by atoms with van der Waals surface area (Å²) in [5, 5.41) is 9.76. The van der Waals surface area contributed by atoms with Gasteiger partial charge in [0.05, 0.1) is 0 Å². The Labute approximate surface area is 36.0 Å². The van der Waals surface area contributed by atoms with Crippen LogP contribution in [-0.2, 0) is 4.79 Å². The van der Waals surface area contributed by atoms with Crippen molar-refractivity contribution < 1.29 is 9.90 Å². The summed E-state index contributed by atoms with van der Waals surface area (Å²) in [5.41, 5.74) is 0. The molecule has 6 heavy (non-hydrogen) atoms. The van der Waals surface area contributed by atoms with E-state index in [0.29, 0.717) is 6.47 Å². The van der Waals surface area contributed by atoms with Crippen LogP contribution in [0.25, 0.3) is 0 Å². The highest BCUT2D eigenvalue weighted by Crippen LogP contribution is 1.65. The summed E-state index contributed by atoms with van der Waals surface area (Å²) in [6, 6.07) is 0. The van der Waals surface area contributed by atoms with E-state index in [1.165, 1.54) is 13.1 Å². The van der Waals surface area contributed by atoms with E-state index in [1.54, 1.807) is 0 Å². The third-order valence-electron chi connectivity index (χ3n) is 0.250. The normalized spacial score (nSPS) is 14.0. The van der Waals surface area contributed by atoms with Gasteiger partial charge in [-0.05, 0) is 0 Å². The highest BCUT2D eigenvalue weighted by Gasteiger charge is 1.91. The summed E-state index contributed by atoms with van der Waals surface area (Å²) >= 11 is 0. The van der Waals surface area contributed by atoms with Crippen molar-refractivity contribution in [1.82, 2.24) is 5.32 Å². The zero-order valence-electron chi connectivity index (χ0n) is 3.27. The lowest BCUT2D eigenvalue weighted by Crippen LogP contribution is -1.56. The first kappa shape index (κ1) is 5.43. The maximum Gasteiger partial charge on any atom is 0.414 e. The molecule has 0 aromatic carbocycles. The topological polar surface area (TPSA) is 59.2 Å². The van der Waals surface area contributed by atoms with E-state index in [9.17, 15) is 0 Å². The zero-order chi connectivity index (χ0) is 4.83. The maximum absolute atomic E-state index is 8.24. The molecule has 0 atom stereocenters. The molecule has 0 saturated carbocycles. The molecule has 1 aliphatic rings. The first-order chi connectivity index (χ1) is 2.91. The highest BCUT2D eigenvalue weighted by molar-refractivity contribution is 5.34. The summed E-state index contributed by atoms with van der Waals surface area (Å²) in [7, 11) is 0. The van der Waals surface area contributed by atoms with Gasteiger partial charge in [-0.3, -0.25) is 0 Å². The van der Waals surface area contributed by atoms with E-state index < -0.39 is 0 Å². The van der Waals surface area contributed by atoms with Gasteiger partial charge in [0.15, 0.2) is 0 Å². The third-order valence-corrected chi connectivity index (χ3v) is 0.250. The molecule has 1 rings (SSSR count). The molecular formula is C3H6NO2. The fraction of sp³-hybridized carbons (Fsp3) is 0.667. The number of aliphatic hydroxyl groups excluding tert-OH is 1.